The SMILES string of the molecule is COCCNS(=O)(=O)NC(C)(C)C(C)(C)O. The fourth-order valence-electron chi connectivity index (χ4n) is 0.775. The first-order valence-electron chi connectivity index (χ1n) is 5.02. The highest BCUT2D eigenvalue weighted by atomic mass is 32.2. The summed E-state index contributed by atoms with van der Waals surface area (Å²) < 4.78 is 32.6. The van der Waals surface area contributed by atoms with Crippen molar-refractivity contribution >= 4 is 10.2 Å². The lowest BCUT2D eigenvalue weighted by atomic mass is 9.87. The number of hydrogen-bond acceptors (Lipinski definition) is 4. The Bertz CT molecular complexity index is 306. The minimum Gasteiger partial charge on any atom is -0.389 e. The third kappa shape index (κ3) is 5.22. The highest BCUT2D eigenvalue weighted by molar-refractivity contribution is 7.87. The molecule has 0 spiro atoms. The molecule has 0 heterocycles. The van der Waals surface area contributed by atoms with Crippen LogP contribution in [0.25, 0.3) is 0 Å². The molecular weight excluding hydrogens is 232 g/mol. The van der Waals surface area contributed by atoms with Gasteiger partial charge in [-0.25, -0.2) is 0 Å². The molecule has 0 saturated carbocycles. The summed E-state index contributed by atoms with van der Waals surface area (Å²) in [6, 6.07) is 0. The van der Waals surface area contributed by atoms with Crippen LogP contribution < -0.4 is 9.44 Å². The Morgan fingerprint density at radius 3 is 2.12 bits per heavy atom. The maximum absolute atomic E-state index is 11.6. The van der Waals surface area contributed by atoms with Crippen LogP contribution in [0.2, 0.25) is 0 Å². The van der Waals surface area contributed by atoms with Gasteiger partial charge in [-0.2, -0.15) is 17.9 Å². The van der Waals surface area contributed by atoms with E-state index in [1.54, 1.807) is 27.7 Å². The monoisotopic (exact) mass is 254 g/mol. The van der Waals surface area contributed by atoms with Gasteiger partial charge in [0.05, 0.1) is 17.7 Å². The Labute approximate surface area is 97.6 Å². The summed E-state index contributed by atoms with van der Waals surface area (Å²) in [4.78, 5) is 0. The maximum Gasteiger partial charge on any atom is 0.277 e. The smallest absolute Gasteiger partial charge is 0.277 e. The zero-order chi connectivity index (χ0) is 13.0. The second kappa shape index (κ2) is 5.42. The minimum atomic E-state index is -3.63. The third-order valence-corrected chi connectivity index (χ3v) is 3.88. The molecule has 0 saturated heterocycles. The summed E-state index contributed by atoms with van der Waals surface area (Å²) in [6.07, 6.45) is 0. The lowest BCUT2D eigenvalue weighted by Crippen LogP contribution is -2.60. The summed E-state index contributed by atoms with van der Waals surface area (Å²) in [7, 11) is -2.15. The van der Waals surface area contributed by atoms with Crippen LogP contribution in [0.5, 0.6) is 0 Å². The van der Waals surface area contributed by atoms with E-state index in [-0.39, 0.29) is 6.54 Å². The van der Waals surface area contributed by atoms with Crippen molar-refractivity contribution in [1.82, 2.24) is 9.44 Å². The number of hydrogen-bond donors (Lipinski definition) is 3. The summed E-state index contributed by atoms with van der Waals surface area (Å²) in [5.41, 5.74) is -2.13. The van der Waals surface area contributed by atoms with Gasteiger partial charge in [0, 0.05) is 13.7 Å². The Kier molecular flexibility index (Phi) is 5.34. The second-order valence-electron chi connectivity index (χ2n) is 4.68. The molecule has 0 aromatic heterocycles. The lowest BCUT2D eigenvalue weighted by Gasteiger charge is -2.37. The maximum atomic E-state index is 11.6. The van der Waals surface area contributed by atoms with Crippen LogP contribution in [-0.2, 0) is 14.9 Å². The van der Waals surface area contributed by atoms with Gasteiger partial charge in [0.1, 0.15) is 0 Å². The van der Waals surface area contributed by atoms with E-state index >= 15 is 0 Å². The van der Waals surface area contributed by atoms with Crippen LogP contribution in [0.15, 0.2) is 0 Å². The second-order valence-corrected chi connectivity index (χ2v) is 6.18. The molecule has 0 aromatic rings. The van der Waals surface area contributed by atoms with E-state index in [2.05, 4.69) is 9.44 Å². The van der Waals surface area contributed by atoms with Gasteiger partial charge in [-0.15, -0.1) is 0 Å². The zero-order valence-electron chi connectivity index (χ0n) is 10.5. The van der Waals surface area contributed by atoms with Gasteiger partial charge >= 0.3 is 0 Å². The van der Waals surface area contributed by atoms with Crippen molar-refractivity contribution < 1.29 is 18.3 Å². The number of methoxy groups -OCH3 is 1. The van der Waals surface area contributed by atoms with Crippen molar-refractivity contribution in [3.8, 4) is 0 Å². The molecule has 3 N–H and O–H groups in total. The van der Waals surface area contributed by atoms with E-state index in [1.165, 1.54) is 7.11 Å². The summed E-state index contributed by atoms with van der Waals surface area (Å²) in [5, 5.41) is 9.80. The molecule has 16 heavy (non-hydrogen) atoms. The van der Waals surface area contributed by atoms with Crippen molar-refractivity contribution in [1.29, 1.82) is 0 Å². The number of aliphatic hydroxyl groups is 1. The first kappa shape index (κ1) is 15.8. The van der Waals surface area contributed by atoms with Crippen LogP contribution in [-0.4, -0.2) is 44.9 Å². The summed E-state index contributed by atoms with van der Waals surface area (Å²) >= 11 is 0. The lowest BCUT2D eigenvalue weighted by molar-refractivity contribution is 0.00621. The first-order valence-corrected chi connectivity index (χ1v) is 6.50. The highest BCUT2D eigenvalue weighted by Gasteiger charge is 2.38. The van der Waals surface area contributed by atoms with Gasteiger partial charge in [-0.3, -0.25) is 0 Å². The van der Waals surface area contributed by atoms with Gasteiger partial charge in [0.2, 0.25) is 0 Å². The minimum absolute atomic E-state index is 0.188. The summed E-state index contributed by atoms with van der Waals surface area (Å²) in [5.74, 6) is 0. The van der Waals surface area contributed by atoms with Crippen LogP contribution in [0.4, 0.5) is 0 Å². The molecule has 98 valence electrons. The molecule has 0 amide bonds. The molecule has 0 unspecified atom stereocenters. The summed E-state index contributed by atoms with van der Waals surface area (Å²) in [6.45, 7) is 6.80. The Morgan fingerprint density at radius 2 is 1.75 bits per heavy atom. The van der Waals surface area contributed by atoms with Crippen LogP contribution in [0.3, 0.4) is 0 Å². The van der Waals surface area contributed by atoms with E-state index in [0.717, 1.165) is 0 Å². The largest absolute Gasteiger partial charge is 0.389 e. The van der Waals surface area contributed by atoms with Crippen molar-refractivity contribution in [3.05, 3.63) is 0 Å². The fourth-order valence-corrected chi connectivity index (χ4v) is 2.12. The molecular formula is C9H22N2O4S. The standard InChI is InChI=1S/C9H22N2O4S/c1-8(2,9(3,4)12)11-16(13,14)10-6-7-15-5/h10-12H,6-7H2,1-5H3. The average Bonchev–Trinajstić information content (AvgIpc) is 1.99. The van der Waals surface area contributed by atoms with Crippen molar-refractivity contribution in [2.75, 3.05) is 20.3 Å². The van der Waals surface area contributed by atoms with Gasteiger partial charge in [0.15, 0.2) is 0 Å². The molecule has 0 aliphatic rings. The Balaban J connectivity index is 4.48. The molecule has 0 aliphatic carbocycles. The van der Waals surface area contributed by atoms with Crippen LogP contribution in [0, 0.1) is 0 Å². The topological polar surface area (TPSA) is 87.7 Å². The van der Waals surface area contributed by atoms with E-state index in [4.69, 9.17) is 4.74 Å². The molecule has 0 bridgehead atoms. The van der Waals surface area contributed by atoms with Crippen molar-refractivity contribution in [2.45, 2.75) is 38.8 Å². The number of ether oxygens (including phenoxy) is 1. The molecule has 0 aromatic carbocycles. The van der Waals surface area contributed by atoms with Crippen molar-refractivity contribution in [2.24, 2.45) is 0 Å². The molecule has 7 heteroatoms. The first-order chi connectivity index (χ1) is 7.02. The third-order valence-electron chi connectivity index (χ3n) is 2.52. The molecule has 0 rings (SSSR count). The molecule has 0 aliphatic heterocycles. The van der Waals surface area contributed by atoms with Gasteiger partial charge in [-0.1, -0.05) is 0 Å². The van der Waals surface area contributed by atoms with E-state index < -0.39 is 21.3 Å². The van der Waals surface area contributed by atoms with E-state index in [9.17, 15) is 13.5 Å². The van der Waals surface area contributed by atoms with Crippen LogP contribution in [0.1, 0.15) is 27.7 Å². The van der Waals surface area contributed by atoms with Crippen molar-refractivity contribution in [3.63, 3.8) is 0 Å². The fraction of sp³-hybridized carbons (Fsp3) is 1.00. The number of nitrogens with one attached hydrogen (secondary N) is 2. The molecule has 6 nitrogen and oxygen atoms in total. The van der Waals surface area contributed by atoms with E-state index in [0.29, 0.717) is 6.61 Å². The molecule has 0 fully saturated rings. The predicted molar refractivity (Wildman–Crippen MR) is 62.3 cm³/mol. The quantitative estimate of drug-likeness (QED) is 0.540. The average molecular weight is 254 g/mol. The van der Waals surface area contributed by atoms with Gasteiger partial charge < -0.3 is 9.84 Å². The Hall–Kier alpha value is -0.210. The van der Waals surface area contributed by atoms with E-state index in [1.807, 2.05) is 0 Å². The normalized spacial score (nSPS) is 14.1. The number of rotatable bonds is 7. The highest BCUT2D eigenvalue weighted by Crippen LogP contribution is 2.20. The zero-order valence-corrected chi connectivity index (χ0v) is 11.3. The van der Waals surface area contributed by atoms with Gasteiger partial charge in [-0.05, 0) is 27.7 Å². The van der Waals surface area contributed by atoms with Gasteiger partial charge in [0.25, 0.3) is 10.2 Å². The molecule has 0 radical (unpaired) electrons. The Morgan fingerprint density at radius 1 is 1.25 bits per heavy atom. The van der Waals surface area contributed by atoms with Crippen LogP contribution >= 0.6 is 0 Å². The molecule has 0 atom stereocenters. The predicted octanol–water partition coefficient (Wildman–Crippen LogP) is -0.394.